The Morgan fingerprint density at radius 3 is 2.47 bits per heavy atom. The first kappa shape index (κ1) is 13.2. The van der Waals surface area contributed by atoms with Crippen LogP contribution in [0.1, 0.15) is 13.8 Å². The number of carbonyl (C=O) groups is 1. The maximum atomic E-state index is 11.0. The van der Waals surface area contributed by atoms with Gasteiger partial charge in [-0.15, -0.1) is 0 Å². The molecule has 0 saturated carbocycles. The minimum atomic E-state index is -0.610. The molecule has 0 spiro atoms. The zero-order valence-electron chi connectivity index (χ0n) is 9.36. The molecule has 0 aromatic carbocycles. The second-order valence-electron chi connectivity index (χ2n) is 2.75. The molecule has 0 aromatic heterocycles. The number of hydrogen-bond donors (Lipinski definition) is 0. The zero-order valence-corrected chi connectivity index (χ0v) is 9.36. The summed E-state index contributed by atoms with van der Waals surface area (Å²) in [6.07, 6.45) is 4.95. The summed E-state index contributed by atoms with van der Waals surface area (Å²) in [6, 6.07) is 1.78. The molecule has 0 N–H and O–H groups in total. The third-order valence-corrected chi connectivity index (χ3v) is 1.90. The van der Waals surface area contributed by atoms with Gasteiger partial charge in [0.1, 0.15) is 11.6 Å². The summed E-state index contributed by atoms with van der Waals surface area (Å²) in [5.41, 5.74) is 0.000839. The predicted molar refractivity (Wildman–Crippen MR) is 57.8 cm³/mol. The molecule has 4 nitrogen and oxygen atoms in total. The number of carbonyl (C=O) groups excluding carboxylic acids is 1. The van der Waals surface area contributed by atoms with Gasteiger partial charge in [0.05, 0.1) is 7.11 Å². The van der Waals surface area contributed by atoms with Crippen LogP contribution >= 0.6 is 0 Å². The van der Waals surface area contributed by atoms with E-state index in [4.69, 9.17) is 5.26 Å². The number of nitrogens with zero attached hydrogens (tertiary/aromatic N) is 2. The van der Waals surface area contributed by atoms with Crippen molar-refractivity contribution in [2.24, 2.45) is 0 Å². The third-order valence-electron chi connectivity index (χ3n) is 1.90. The normalized spacial score (nSPS) is 11.2. The van der Waals surface area contributed by atoms with Crippen molar-refractivity contribution in [1.82, 2.24) is 4.90 Å². The van der Waals surface area contributed by atoms with Crippen LogP contribution in [0.5, 0.6) is 0 Å². The molecular weight excluding hydrogens is 192 g/mol. The van der Waals surface area contributed by atoms with Crippen molar-refractivity contribution in [1.29, 1.82) is 5.26 Å². The monoisotopic (exact) mass is 208 g/mol. The highest BCUT2D eigenvalue weighted by Crippen LogP contribution is 1.97. The van der Waals surface area contributed by atoms with Gasteiger partial charge in [-0.1, -0.05) is 0 Å². The van der Waals surface area contributed by atoms with Crippen LogP contribution in [-0.2, 0) is 9.53 Å². The Hall–Kier alpha value is -1.76. The van der Waals surface area contributed by atoms with E-state index < -0.39 is 5.97 Å². The fourth-order valence-corrected chi connectivity index (χ4v) is 0.956. The van der Waals surface area contributed by atoms with Crippen molar-refractivity contribution in [2.75, 3.05) is 20.2 Å². The number of hydrogen-bond acceptors (Lipinski definition) is 4. The fourth-order valence-electron chi connectivity index (χ4n) is 0.956. The highest BCUT2D eigenvalue weighted by molar-refractivity contribution is 5.92. The number of allylic oxidation sites excluding steroid dienone is 2. The Morgan fingerprint density at radius 2 is 2.07 bits per heavy atom. The van der Waals surface area contributed by atoms with Gasteiger partial charge in [0.2, 0.25) is 0 Å². The molecule has 82 valence electrons. The van der Waals surface area contributed by atoms with Gasteiger partial charge in [0, 0.05) is 13.1 Å². The Morgan fingerprint density at radius 1 is 1.47 bits per heavy atom. The summed E-state index contributed by atoms with van der Waals surface area (Å²) in [5.74, 6) is -0.610. The SMILES string of the molecule is CCN(/C=C/C=C(\C#N)C(=O)OC)CC. The molecule has 0 rings (SSSR count). The molecule has 0 atom stereocenters. The average Bonchev–Trinajstić information content (AvgIpc) is 2.28. The molecule has 0 saturated heterocycles. The van der Waals surface area contributed by atoms with E-state index >= 15 is 0 Å². The third kappa shape index (κ3) is 4.87. The molecule has 4 heteroatoms. The van der Waals surface area contributed by atoms with Crippen LogP contribution in [0.4, 0.5) is 0 Å². The van der Waals surface area contributed by atoms with Gasteiger partial charge in [-0.3, -0.25) is 0 Å². The highest BCUT2D eigenvalue weighted by atomic mass is 16.5. The van der Waals surface area contributed by atoms with Gasteiger partial charge in [-0.05, 0) is 32.2 Å². The summed E-state index contributed by atoms with van der Waals surface area (Å²) >= 11 is 0. The summed E-state index contributed by atoms with van der Waals surface area (Å²) in [7, 11) is 1.25. The number of esters is 1. The minimum absolute atomic E-state index is 0.000839. The first-order valence-electron chi connectivity index (χ1n) is 4.80. The topological polar surface area (TPSA) is 53.3 Å². The number of rotatable bonds is 5. The van der Waals surface area contributed by atoms with E-state index in [0.717, 1.165) is 13.1 Å². The Bertz CT molecular complexity index is 296. The molecule has 0 aliphatic heterocycles. The molecule has 0 amide bonds. The molecule has 0 heterocycles. The Balaban J connectivity index is 4.48. The van der Waals surface area contributed by atoms with Crippen molar-refractivity contribution in [3.8, 4) is 6.07 Å². The quantitative estimate of drug-likeness (QED) is 0.297. The van der Waals surface area contributed by atoms with Crippen LogP contribution in [0.3, 0.4) is 0 Å². The van der Waals surface area contributed by atoms with Crippen molar-refractivity contribution in [2.45, 2.75) is 13.8 Å². The highest BCUT2D eigenvalue weighted by Gasteiger charge is 2.05. The van der Waals surface area contributed by atoms with E-state index in [1.54, 1.807) is 12.1 Å². The molecule has 0 fully saturated rings. The molecule has 0 aromatic rings. The maximum absolute atomic E-state index is 11.0. The van der Waals surface area contributed by atoms with Crippen LogP contribution in [0.25, 0.3) is 0 Å². The minimum Gasteiger partial charge on any atom is -0.465 e. The Labute approximate surface area is 90.4 Å². The van der Waals surface area contributed by atoms with Gasteiger partial charge in [0.25, 0.3) is 0 Å². The summed E-state index contributed by atoms with van der Waals surface area (Å²) in [4.78, 5) is 13.0. The average molecular weight is 208 g/mol. The first-order valence-corrected chi connectivity index (χ1v) is 4.80. The molecule has 0 bridgehead atoms. The van der Waals surface area contributed by atoms with Crippen molar-refractivity contribution >= 4 is 5.97 Å². The standard InChI is InChI=1S/C11H16N2O2/c1-4-13(5-2)8-6-7-10(9-12)11(14)15-3/h6-8H,4-5H2,1-3H3/b8-6+,10-7+. The van der Waals surface area contributed by atoms with E-state index in [0.29, 0.717) is 0 Å². The second-order valence-corrected chi connectivity index (χ2v) is 2.75. The van der Waals surface area contributed by atoms with Crippen molar-refractivity contribution in [3.05, 3.63) is 23.9 Å². The predicted octanol–water partition coefficient (Wildman–Crippen LogP) is 1.46. The van der Waals surface area contributed by atoms with Crippen LogP contribution in [0, 0.1) is 11.3 Å². The Kier molecular flexibility index (Phi) is 6.73. The summed E-state index contributed by atoms with van der Waals surface area (Å²) in [6.45, 7) is 5.84. The van der Waals surface area contributed by atoms with Crippen molar-refractivity contribution < 1.29 is 9.53 Å². The molecule has 0 unspecified atom stereocenters. The van der Waals surface area contributed by atoms with E-state index in [9.17, 15) is 4.79 Å². The van der Waals surface area contributed by atoms with Crippen LogP contribution in [0.2, 0.25) is 0 Å². The lowest BCUT2D eigenvalue weighted by Gasteiger charge is -2.13. The molecule has 0 radical (unpaired) electrons. The fraction of sp³-hybridized carbons (Fsp3) is 0.455. The summed E-state index contributed by atoms with van der Waals surface area (Å²) < 4.78 is 4.44. The lowest BCUT2D eigenvalue weighted by molar-refractivity contribution is -0.135. The number of nitriles is 1. The van der Waals surface area contributed by atoms with E-state index in [-0.39, 0.29) is 5.57 Å². The molecule has 15 heavy (non-hydrogen) atoms. The van der Waals surface area contributed by atoms with E-state index in [1.165, 1.54) is 13.2 Å². The largest absolute Gasteiger partial charge is 0.465 e. The van der Waals surface area contributed by atoms with Gasteiger partial charge >= 0.3 is 5.97 Å². The maximum Gasteiger partial charge on any atom is 0.348 e. The molecule has 0 aliphatic carbocycles. The van der Waals surface area contributed by atoms with Gasteiger partial charge < -0.3 is 9.64 Å². The van der Waals surface area contributed by atoms with Gasteiger partial charge in [-0.25, -0.2) is 4.79 Å². The van der Waals surface area contributed by atoms with E-state index in [1.807, 2.05) is 24.9 Å². The van der Waals surface area contributed by atoms with Crippen LogP contribution < -0.4 is 0 Å². The number of methoxy groups -OCH3 is 1. The second kappa shape index (κ2) is 7.63. The molecular formula is C11H16N2O2. The number of ether oxygens (including phenoxy) is 1. The van der Waals surface area contributed by atoms with Gasteiger partial charge in [0.15, 0.2) is 0 Å². The first-order chi connectivity index (χ1) is 7.19. The van der Waals surface area contributed by atoms with Crippen molar-refractivity contribution in [3.63, 3.8) is 0 Å². The van der Waals surface area contributed by atoms with Gasteiger partial charge in [-0.2, -0.15) is 5.26 Å². The zero-order chi connectivity index (χ0) is 11.7. The lowest BCUT2D eigenvalue weighted by Crippen LogP contribution is -2.14. The smallest absolute Gasteiger partial charge is 0.348 e. The molecule has 0 aliphatic rings. The van der Waals surface area contributed by atoms with Crippen LogP contribution in [0.15, 0.2) is 23.9 Å². The summed E-state index contributed by atoms with van der Waals surface area (Å²) in [5, 5.41) is 8.64. The van der Waals surface area contributed by atoms with E-state index in [2.05, 4.69) is 4.74 Å². The van der Waals surface area contributed by atoms with Crippen LogP contribution in [-0.4, -0.2) is 31.1 Å². The lowest BCUT2D eigenvalue weighted by atomic mass is 10.3.